The molecule has 1 heterocycles. The molecule has 0 amide bonds. The molecule has 0 aliphatic rings. The van der Waals surface area contributed by atoms with Crippen LogP contribution < -0.4 is 0 Å². The molecular formula is C11H18N2O. The van der Waals surface area contributed by atoms with Gasteiger partial charge in [0, 0.05) is 18.1 Å². The Balaban J connectivity index is 2.37. The van der Waals surface area contributed by atoms with Crippen molar-refractivity contribution in [3.63, 3.8) is 0 Å². The van der Waals surface area contributed by atoms with Crippen LogP contribution in [0.3, 0.4) is 0 Å². The van der Waals surface area contributed by atoms with E-state index in [1.165, 1.54) is 6.42 Å². The molecule has 1 atom stereocenters. The third-order valence-corrected chi connectivity index (χ3v) is 2.30. The van der Waals surface area contributed by atoms with Crippen LogP contribution in [0.15, 0.2) is 25.3 Å². The van der Waals surface area contributed by atoms with Crippen molar-refractivity contribution < 1.29 is 5.11 Å². The van der Waals surface area contributed by atoms with Gasteiger partial charge in [0.1, 0.15) is 0 Å². The van der Waals surface area contributed by atoms with Gasteiger partial charge < -0.3 is 9.67 Å². The Morgan fingerprint density at radius 3 is 2.93 bits per heavy atom. The Kier molecular flexibility index (Phi) is 4.40. The van der Waals surface area contributed by atoms with E-state index in [0.29, 0.717) is 5.70 Å². The first-order chi connectivity index (χ1) is 6.75. The molecule has 0 bridgehead atoms. The van der Waals surface area contributed by atoms with Crippen LogP contribution in [0, 0.1) is 0 Å². The summed E-state index contributed by atoms with van der Waals surface area (Å²) >= 11 is 0. The maximum atomic E-state index is 9.77. The molecule has 3 heteroatoms. The third-order valence-electron chi connectivity index (χ3n) is 2.30. The van der Waals surface area contributed by atoms with Crippen molar-refractivity contribution in [1.29, 1.82) is 0 Å². The topological polar surface area (TPSA) is 38.0 Å². The molecule has 0 radical (unpaired) electrons. The molecule has 0 aromatic carbocycles. The first-order valence-corrected chi connectivity index (χ1v) is 5.11. The highest BCUT2D eigenvalue weighted by Gasteiger charge is 2.09. The van der Waals surface area contributed by atoms with E-state index >= 15 is 0 Å². The minimum Gasteiger partial charge on any atom is -0.387 e. The lowest BCUT2D eigenvalue weighted by Gasteiger charge is -2.13. The molecule has 78 valence electrons. The molecule has 1 aromatic rings. The maximum Gasteiger partial charge on any atom is 0.0989 e. The van der Waals surface area contributed by atoms with E-state index in [4.69, 9.17) is 0 Å². The monoisotopic (exact) mass is 194 g/mol. The second-order valence-electron chi connectivity index (χ2n) is 3.47. The van der Waals surface area contributed by atoms with E-state index in [0.717, 1.165) is 19.3 Å². The van der Waals surface area contributed by atoms with Crippen molar-refractivity contribution in [3.8, 4) is 0 Å². The molecule has 0 saturated heterocycles. The highest BCUT2D eigenvalue weighted by molar-refractivity contribution is 5.45. The van der Waals surface area contributed by atoms with Crippen molar-refractivity contribution in [2.24, 2.45) is 0 Å². The predicted molar refractivity (Wildman–Crippen MR) is 57.7 cm³/mol. The van der Waals surface area contributed by atoms with Gasteiger partial charge >= 0.3 is 0 Å². The second kappa shape index (κ2) is 5.60. The van der Waals surface area contributed by atoms with Crippen molar-refractivity contribution in [1.82, 2.24) is 9.55 Å². The summed E-state index contributed by atoms with van der Waals surface area (Å²) in [6.07, 6.45) is 8.85. The molecule has 14 heavy (non-hydrogen) atoms. The SMILES string of the molecule is C=C(C(O)CCCCC)n1ccnc1. The Bertz CT molecular complexity index is 267. The van der Waals surface area contributed by atoms with E-state index in [1.807, 2.05) is 0 Å². The molecule has 0 spiro atoms. The quantitative estimate of drug-likeness (QED) is 0.705. The summed E-state index contributed by atoms with van der Waals surface area (Å²) in [7, 11) is 0. The van der Waals surface area contributed by atoms with Gasteiger partial charge in [-0.1, -0.05) is 32.8 Å². The largest absolute Gasteiger partial charge is 0.387 e. The van der Waals surface area contributed by atoms with E-state index in [9.17, 15) is 5.11 Å². The van der Waals surface area contributed by atoms with Crippen LogP contribution in [-0.4, -0.2) is 20.8 Å². The lowest BCUT2D eigenvalue weighted by molar-refractivity contribution is 0.212. The maximum absolute atomic E-state index is 9.77. The van der Waals surface area contributed by atoms with Crippen molar-refractivity contribution in [2.45, 2.75) is 38.7 Å². The summed E-state index contributed by atoms with van der Waals surface area (Å²) in [5.74, 6) is 0. The van der Waals surface area contributed by atoms with Crippen LogP contribution in [-0.2, 0) is 0 Å². The highest BCUT2D eigenvalue weighted by atomic mass is 16.3. The Labute approximate surface area is 85.1 Å². The first-order valence-electron chi connectivity index (χ1n) is 5.11. The fourth-order valence-electron chi connectivity index (χ4n) is 1.36. The van der Waals surface area contributed by atoms with Crippen LogP contribution in [0.1, 0.15) is 32.6 Å². The fourth-order valence-corrected chi connectivity index (χ4v) is 1.36. The summed E-state index contributed by atoms with van der Waals surface area (Å²) in [6, 6.07) is 0. The third kappa shape index (κ3) is 3.00. The number of aromatic nitrogens is 2. The Morgan fingerprint density at radius 1 is 1.57 bits per heavy atom. The zero-order valence-electron chi connectivity index (χ0n) is 8.69. The summed E-state index contributed by atoms with van der Waals surface area (Å²) in [6.45, 7) is 6.00. The summed E-state index contributed by atoms with van der Waals surface area (Å²) in [5, 5.41) is 9.77. The van der Waals surface area contributed by atoms with Crippen LogP contribution in [0.4, 0.5) is 0 Å². The molecule has 1 N–H and O–H groups in total. The highest BCUT2D eigenvalue weighted by Crippen LogP contribution is 2.13. The number of imidazole rings is 1. The molecule has 1 rings (SSSR count). The number of nitrogens with zero attached hydrogens (tertiary/aromatic N) is 2. The van der Waals surface area contributed by atoms with E-state index < -0.39 is 6.10 Å². The van der Waals surface area contributed by atoms with Gasteiger partial charge in [-0.2, -0.15) is 0 Å². The van der Waals surface area contributed by atoms with Crippen molar-refractivity contribution in [2.75, 3.05) is 0 Å². The first kappa shape index (κ1) is 11.0. The van der Waals surface area contributed by atoms with Crippen LogP contribution >= 0.6 is 0 Å². The Morgan fingerprint density at radius 2 is 2.36 bits per heavy atom. The average molecular weight is 194 g/mol. The standard InChI is InChI=1S/C11H18N2O/c1-3-4-5-6-11(14)10(2)13-8-7-12-9-13/h7-9,11,14H,2-6H2,1H3. The number of aliphatic hydroxyl groups excluding tert-OH is 1. The smallest absolute Gasteiger partial charge is 0.0989 e. The van der Waals surface area contributed by atoms with E-state index in [-0.39, 0.29) is 0 Å². The Hall–Kier alpha value is -1.09. The molecule has 3 nitrogen and oxygen atoms in total. The summed E-state index contributed by atoms with van der Waals surface area (Å²) < 4.78 is 1.76. The van der Waals surface area contributed by atoms with Crippen LogP contribution in [0.5, 0.6) is 0 Å². The van der Waals surface area contributed by atoms with Crippen LogP contribution in [0.2, 0.25) is 0 Å². The number of hydrogen-bond donors (Lipinski definition) is 1. The molecule has 0 aliphatic carbocycles. The number of rotatable bonds is 6. The van der Waals surface area contributed by atoms with Crippen molar-refractivity contribution in [3.05, 3.63) is 25.3 Å². The van der Waals surface area contributed by atoms with Gasteiger partial charge in [0.15, 0.2) is 0 Å². The van der Waals surface area contributed by atoms with E-state index in [2.05, 4.69) is 18.5 Å². The molecule has 0 aliphatic heterocycles. The molecule has 0 saturated carbocycles. The summed E-state index contributed by atoms with van der Waals surface area (Å²) in [5.41, 5.74) is 0.707. The van der Waals surface area contributed by atoms with Gasteiger partial charge in [-0.05, 0) is 6.42 Å². The van der Waals surface area contributed by atoms with Gasteiger partial charge in [0.25, 0.3) is 0 Å². The average Bonchev–Trinajstić information content (AvgIpc) is 2.69. The molecule has 1 aromatic heterocycles. The zero-order chi connectivity index (χ0) is 10.4. The number of hydrogen-bond acceptors (Lipinski definition) is 2. The molecular weight excluding hydrogens is 176 g/mol. The van der Waals surface area contributed by atoms with Gasteiger partial charge in [0.2, 0.25) is 0 Å². The predicted octanol–water partition coefficient (Wildman–Crippen LogP) is 2.29. The van der Waals surface area contributed by atoms with Gasteiger partial charge in [-0.25, -0.2) is 4.98 Å². The molecule has 0 fully saturated rings. The fraction of sp³-hybridized carbons (Fsp3) is 0.545. The number of unbranched alkanes of at least 4 members (excludes halogenated alkanes) is 2. The minimum atomic E-state index is -0.448. The lowest BCUT2D eigenvalue weighted by atomic mass is 10.1. The lowest BCUT2D eigenvalue weighted by Crippen LogP contribution is -2.12. The van der Waals surface area contributed by atoms with Crippen molar-refractivity contribution >= 4 is 5.70 Å². The number of aliphatic hydroxyl groups is 1. The molecule has 1 unspecified atom stereocenters. The second-order valence-corrected chi connectivity index (χ2v) is 3.47. The van der Waals surface area contributed by atoms with Gasteiger partial charge in [0.05, 0.1) is 12.4 Å². The summed E-state index contributed by atoms with van der Waals surface area (Å²) in [4.78, 5) is 3.91. The van der Waals surface area contributed by atoms with Gasteiger partial charge in [-0.3, -0.25) is 0 Å². The van der Waals surface area contributed by atoms with Gasteiger partial charge in [-0.15, -0.1) is 0 Å². The van der Waals surface area contributed by atoms with E-state index in [1.54, 1.807) is 23.3 Å². The normalized spacial score (nSPS) is 12.7. The van der Waals surface area contributed by atoms with Crippen LogP contribution in [0.25, 0.3) is 5.70 Å². The zero-order valence-corrected chi connectivity index (χ0v) is 8.69. The minimum absolute atomic E-state index is 0.448.